The summed E-state index contributed by atoms with van der Waals surface area (Å²) in [5.41, 5.74) is 7.10. The highest BCUT2D eigenvalue weighted by atomic mass is 35.5. The first-order chi connectivity index (χ1) is 11.5. The Bertz CT molecular complexity index is 706. The molecular formula is C19H22ClN3S. The maximum atomic E-state index is 5.92. The van der Waals surface area contributed by atoms with Crippen LogP contribution in [0.4, 0.5) is 5.69 Å². The van der Waals surface area contributed by atoms with Crippen LogP contribution >= 0.6 is 23.8 Å². The van der Waals surface area contributed by atoms with E-state index in [2.05, 4.69) is 48.7 Å². The van der Waals surface area contributed by atoms with E-state index >= 15 is 0 Å². The second-order valence-corrected chi connectivity index (χ2v) is 6.61. The number of thiocarbonyl (C=S) groups is 1. The van der Waals surface area contributed by atoms with Gasteiger partial charge in [0, 0.05) is 10.7 Å². The summed E-state index contributed by atoms with van der Waals surface area (Å²) in [7, 11) is 0. The van der Waals surface area contributed by atoms with Crippen molar-refractivity contribution >= 4 is 40.3 Å². The zero-order chi connectivity index (χ0) is 17.5. The van der Waals surface area contributed by atoms with Crippen LogP contribution in [0, 0.1) is 0 Å². The average Bonchev–Trinajstić information content (AvgIpc) is 2.57. The molecule has 0 aliphatic carbocycles. The predicted molar refractivity (Wildman–Crippen MR) is 108 cm³/mol. The van der Waals surface area contributed by atoms with E-state index in [-0.39, 0.29) is 0 Å². The third-order valence-electron chi connectivity index (χ3n) is 3.64. The molecule has 0 saturated heterocycles. The molecule has 0 unspecified atom stereocenters. The molecule has 2 rings (SSSR count). The summed E-state index contributed by atoms with van der Waals surface area (Å²) in [6.45, 7) is 6.40. The number of rotatable bonds is 5. The maximum Gasteiger partial charge on any atom is 0.191 e. The van der Waals surface area contributed by atoms with Gasteiger partial charge < -0.3 is 5.32 Å². The van der Waals surface area contributed by atoms with Gasteiger partial charge in [-0.15, -0.1) is 0 Å². The first kappa shape index (κ1) is 18.4. The summed E-state index contributed by atoms with van der Waals surface area (Å²) in [6.07, 6.45) is 0.792. The highest BCUT2D eigenvalue weighted by molar-refractivity contribution is 7.80. The van der Waals surface area contributed by atoms with Crippen molar-refractivity contribution in [2.45, 2.75) is 33.1 Å². The van der Waals surface area contributed by atoms with Crippen molar-refractivity contribution in [1.29, 1.82) is 0 Å². The van der Waals surface area contributed by atoms with Crippen molar-refractivity contribution < 1.29 is 0 Å². The molecule has 2 aromatic rings. The maximum absolute atomic E-state index is 5.92. The summed E-state index contributed by atoms with van der Waals surface area (Å²) in [5, 5.41) is 8.72. The topological polar surface area (TPSA) is 36.4 Å². The van der Waals surface area contributed by atoms with Crippen LogP contribution in [-0.4, -0.2) is 10.8 Å². The number of benzene rings is 2. The first-order valence-corrected chi connectivity index (χ1v) is 8.77. The van der Waals surface area contributed by atoms with Crippen LogP contribution in [0.15, 0.2) is 53.6 Å². The van der Waals surface area contributed by atoms with E-state index < -0.39 is 0 Å². The van der Waals surface area contributed by atoms with E-state index in [9.17, 15) is 0 Å². The average molecular weight is 360 g/mol. The van der Waals surface area contributed by atoms with Crippen LogP contribution in [0.25, 0.3) is 0 Å². The lowest BCUT2D eigenvalue weighted by atomic mass is 10.0. The molecule has 0 fully saturated rings. The first-order valence-electron chi connectivity index (χ1n) is 7.99. The summed E-state index contributed by atoms with van der Waals surface area (Å²) in [4.78, 5) is 0. The van der Waals surface area contributed by atoms with Gasteiger partial charge in [0.15, 0.2) is 5.11 Å². The van der Waals surface area contributed by atoms with Crippen LogP contribution in [0.2, 0.25) is 5.02 Å². The van der Waals surface area contributed by atoms with E-state index in [0.29, 0.717) is 16.1 Å². The van der Waals surface area contributed by atoms with E-state index in [1.54, 1.807) is 0 Å². The van der Waals surface area contributed by atoms with Crippen molar-refractivity contribution in [3.63, 3.8) is 0 Å². The standard InChI is InChI=1S/C19H22ClN3S/c1-4-18(15-5-9-16(20)10-6-15)22-23-19(24)21-17-11-7-14(8-12-17)13(2)3/h5-13H,4H2,1-3H3,(H2,21,23,24)/b22-18-. The Hall–Kier alpha value is -1.91. The Balaban J connectivity index is 1.98. The third kappa shape index (κ3) is 5.32. The Kier molecular flexibility index (Phi) is 6.76. The molecule has 0 atom stereocenters. The fourth-order valence-corrected chi connectivity index (χ4v) is 2.51. The van der Waals surface area contributed by atoms with E-state index in [4.69, 9.17) is 23.8 Å². The van der Waals surface area contributed by atoms with E-state index in [0.717, 1.165) is 23.4 Å². The molecule has 0 aromatic heterocycles. The second kappa shape index (κ2) is 8.81. The molecule has 2 aromatic carbocycles. The van der Waals surface area contributed by atoms with Gasteiger partial charge in [-0.2, -0.15) is 5.10 Å². The van der Waals surface area contributed by atoms with Crippen molar-refractivity contribution in [2.75, 3.05) is 5.32 Å². The lowest BCUT2D eigenvalue weighted by Gasteiger charge is -2.11. The highest BCUT2D eigenvalue weighted by Crippen LogP contribution is 2.17. The Morgan fingerprint density at radius 2 is 1.71 bits per heavy atom. The summed E-state index contributed by atoms with van der Waals surface area (Å²) in [6, 6.07) is 15.9. The van der Waals surface area contributed by atoms with Crippen molar-refractivity contribution in [2.24, 2.45) is 5.10 Å². The van der Waals surface area contributed by atoms with Crippen LogP contribution in [0.5, 0.6) is 0 Å². The zero-order valence-electron chi connectivity index (χ0n) is 14.1. The number of hydrazone groups is 1. The SMILES string of the molecule is CC/C(=N/NC(=S)Nc1ccc(C(C)C)cc1)c1ccc(Cl)cc1. The van der Waals surface area contributed by atoms with Gasteiger partial charge in [-0.05, 0) is 59.9 Å². The molecular weight excluding hydrogens is 338 g/mol. The number of hydrogen-bond donors (Lipinski definition) is 2. The minimum atomic E-state index is 0.465. The van der Waals surface area contributed by atoms with Crippen LogP contribution < -0.4 is 10.7 Å². The molecule has 126 valence electrons. The molecule has 0 heterocycles. The molecule has 0 saturated carbocycles. The van der Waals surface area contributed by atoms with Crippen LogP contribution in [0.1, 0.15) is 44.2 Å². The largest absolute Gasteiger partial charge is 0.331 e. The normalized spacial score (nSPS) is 11.5. The molecule has 5 heteroatoms. The molecule has 0 aliphatic rings. The minimum Gasteiger partial charge on any atom is -0.331 e. The lowest BCUT2D eigenvalue weighted by Crippen LogP contribution is -2.25. The van der Waals surface area contributed by atoms with Gasteiger partial charge in [-0.3, -0.25) is 5.43 Å². The lowest BCUT2D eigenvalue weighted by molar-refractivity contribution is 0.867. The zero-order valence-corrected chi connectivity index (χ0v) is 15.7. The predicted octanol–water partition coefficient (Wildman–Crippen LogP) is 5.56. The fourth-order valence-electron chi connectivity index (χ4n) is 2.22. The van der Waals surface area contributed by atoms with E-state index in [1.807, 2.05) is 36.4 Å². The molecule has 3 nitrogen and oxygen atoms in total. The fraction of sp³-hybridized carbons (Fsp3) is 0.263. The quantitative estimate of drug-likeness (QED) is 0.416. The van der Waals surface area contributed by atoms with Gasteiger partial charge in [-0.25, -0.2) is 0 Å². The highest BCUT2D eigenvalue weighted by Gasteiger charge is 2.03. The summed E-state index contributed by atoms with van der Waals surface area (Å²) in [5.74, 6) is 0.514. The number of nitrogens with one attached hydrogen (secondary N) is 2. The smallest absolute Gasteiger partial charge is 0.191 e. The van der Waals surface area contributed by atoms with Gasteiger partial charge in [0.1, 0.15) is 0 Å². The summed E-state index contributed by atoms with van der Waals surface area (Å²) >= 11 is 11.2. The Labute approximate surface area is 154 Å². The van der Waals surface area contributed by atoms with E-state index in [1.165, 1.54) is 5.56 Å². The molecule has 0 amide bonds. The van der Waals surface area contributed by atoms with Crippen molar-refractivity contribution in [1.82, 2.24) is 5.43 Å². The molecule has 2 N–H and O–H groups in total. The van der Waals surface area contributed by atoms with Crippen LogP contribution in [-0.2, 0) is 0 Å². The van der Waals surface area contributed by atoms with Gasteiger partial charge in [0.25, 0.3) is 0 Å². The number of anilines is 1. The molecule has 24 heavy (non-hydrogen) atoms. The van der Waals surface area contributed by atoms with Gasteiger partial charge in [0.05, 0.1) is 5.71 Å². The Morgan fingerprint density at radius 3 is 2.25 bits per heavy atom. The van der Waals surface area contributed by atoms with Gasteiger partial charge >= 0.3 is 0 Å². The number of nitrogens with zero attached hydrogens (tertiary/aromatic N) is 1. The van der Waals surface area contributed by atoms with Gasteiger partial charge in [0.2, 0.25) is 0 Å². The summed E-state index contributed by atoms with van der Waals surface area (Å²) < 4.78 is 0. The molecule has 0 aliphatic heterocycles. The second-order valence-electron chi connectivity index (χ2n) is 5.76. The third-order valence-corrected chi connectivity index (χ3v) is 4.09. The Morgan fingerprint density at radius 1 is 1.08 bits per heavy atom. The molecule has 0 bridgehead atoms. The number of halogens is 1. The van der Waals surface area contributed by atoms with Crippen molar-refractivity contribution in [3.8, 4) is 0 Å². The van der Waals surface area contributed by atoms with Crippen LogP contribution in [0.3, 0.4) is 0 Å². The molecule has 0 spiro atoms. The molecule has 0 radical (unpaired) electrons. The van der Waals surface area contributed by atoms with Gasteiger partial charge in [-0.1, -0.05) is 56.6 Å². The number of hydrogen-bond acceptors (Lipinski definition) is 2. The monoisotopic (exact) mass is 359 g/mol. The minimum absolute atomic E-state index is 0.465. The van der Waals surface area contributed by atoms with Crippen molar-refractivity contribution in [3.05, 3.63) is 64.7 Å².